The first-order valence-corrected chi connectivity index (χ1v) is 4.16. The predicted molar refractivity (Wildman–Crippen MR) is 44.8 cm³/mol. The van der Waals surface area contributed by atoms with Gasteiger partial charge in [0.15, 0.2) is 0 Å². The molecule has 1 rings (SSSR count). The molecule has 0 bridgehead atoms. The van der Waals surface area contributed by atoms with Crippen molar-refractivity contribution >= 4 is 11.6 Å². The van der Waals surface area contributed by atoms with E-state index in [4.69, 9.17) is 11.6 Å². The van der Waals surface area contributed by atoms with E-state index in [0.29, 0.717) is 6.07 Å². The smallest absolute Gasteiger partial charge is 0.433 e. The molecule has 0 aliphatic carbocycles. The Hall–Kier alpha value is -1.24. The van der Waals surface area contributed by atoms with Gasteiger partial charge in [0.05, 0.1) is 5.02 Å². The normalized spacial score (nSPS) is 11.7. The monoisotopic (exact) mass is 262 g/mol. The molecule has 0 saturated heterocycles. The van der Waals surface area contributed by atoms with Crippen molar-refractivity contribution < 1.29 is 31.4 Å². The molecule has 1 aromatic carbocycles. The molecule has 90 valence electrons. The van der Waals surface area contributed by atoms with Gasteiger partial charge in [0.1, 0.15) is 11.5 Å². The molecule has 1 aromatic rings. The minimum Gasteiger partial charge on any atom is -0.433 e. The Bertz CT molecular complexity index is 366. The molecule has 0 radical (unpaired) electrons. The summed E-state index contributed by atoms with van der Waals surface area (Å²) in [6, 6.07) is 2.47. The molecule has 0 aliphatic heterocycles. The van der Waals surface area contributed by atoms with Crippen LogP contribution in [0.3, 0.4) is 0 Å². The third-order valence-corrected chi connectivity index (χ3v) is 1.66. The molecule has 0 N–H and O–H groups in total. The number of hydrogen-bond donors (Lipinski definition) is 0. The van der Waals surface area contributed by atoms with Crippen LogP contribution in [-0.4, -0.2) is 13.0 Å². The van der Waals surface area contributed by atoms with Crippen LogP contribution >= 0.6 is 11.6 Å². The van der Waals surface area contributed by atoms with Crippen molar-refractivity contribution in [3.05, 3.63) is 23.2 Å². The summed E-state index contributed by atoms with van der Waals surface area (Å²) in [4.78, 5) is 0. The quantitative estimate of drug-likeness (QED) is 0.771. The third-order valence-electron chi connectivity index (χ3n) is 1.35. The second-order valence-electron chi connectivity index (χ2n) is 2.52. The Balaban J connectivity index is 2.89. The van der Waals surface area contributed by atoms with Crippen molar-refractivity contribution in [2.75, 3.05) is 0 Å². The van der Waals surface area contributed by atoms with Gasteiger partial charge in [-0.05, 0) is 12.1 Å². The summed E-state index contributed by atoms with van der Waals surface area (Å²) in [5.74, 6) is -1.27. The van der Waals surface area contributed by atoms with Crippen LogP contribution in [-0.2, 0) is 0 Å². The SMILES string of the molecule is FC(F)Oc1cc(OC(F)(F)F)ccc1Cl. The highest BCUT2D eigenvalue weighted by Gasteiger charge is 2.31. The third kappa shape index (κ3) is 4.09. The number of alkyl halides is 5. The maximum absolute atomic E-state index is 11.8. The zero-order valence-electron chi connectivity index (χ0n) is 7.39. The number of hydrogen-bond acceptors (Lipinski definition) is 2. The molecule has 2 nitrogen and oxygen atoms in total. The highest BCUT2D eigenvalue weighted by molar-refractivity contribution is 6.32. The summed E-state index contributed by atoms with van der Waals surface area (Å²) >= 11 is 5.42. The first-order valence-electron chi connectivity index (χ1n) is 3.78. The fraction of sp³-hybridized carbons (Fsp3) is 0.250. The highest BCUT2D eigenvalue weighted by atomic mass is 35.5. The average molecular weight is 263 g/mol. The van der Waals surface area contributed by atoms with Crippen molar-refractivity contribution in [1.29, 1.82) is 0 Å². The van der Waals surface area contributed by atoms with Crippen LogP contribution in [0.4, 0.5) is 22.0 Å². The van der Waals surface area contributed by atoms with E-state index >= 15 is 0 Å². The Morgan fingerprint density at radius 3 is 2.31 bits per heavy atom. The van der Waals surface area contributed by atoms with Crippen LogP contribution in [0.2, 0.25) is 5.02 Å². The van der Waals surface area contributed by atoms with Crippen LogP contribution in [0.1, 0.15) is 0 Å². The average Bonchev–Trinajstić information content (AvgIpc) is 2.07. The Morgan fingerprint density at radius 1 is 1.19 bits per heavy atom. The van der Waals surface area contributed by atoms with Gasteiger partial charge in [-0.15, -0.1) is 13.2 Å². The zero-order chi connectivity index (χ0) is 12.3. The van der Waals surface area contributed by atoms with E-state index < -0.39 is 24.5 Å². The van der Waals surface area contributed by atoms with Gasteiger partial charge in [0, 0.05) is 6.07 Å². The second kappa shape index (κ2) is 4.73. The van der Waals surface area contributed by atoms with Gasteiger partial charge >= 0.3 is 13.0 Å². The molecule has 0 amide bonds. The Morgan fingerprint density at radius 2 is 1.81 bits per heavy atom. The molecular formula is C8H4ClF5O2. The van der Waals surface area contributed by atoms with Gasteiger partial charge in [-0.1, -0.05) is 11.6 Å². The number of halogens is 6. The summed E-state index contributed by atoms with van der Waals surface area (Å²) in [6.45, 7) is -3.18. The van der Waals surface area contributed by atoms with Crippen LogP contribution in [0.25, 0.3) is 0 Å². The number of ether oxygens (including phenoxy) is 2. The van der Waals surface area contributed by atoms with E-state index in [2.05, 4.69) is 9.47 Å². The van der Waals surface area contributed by atoms with E-state index in [1.807, 2.05) is 0 Å². The minimum absolute atomic E-state index is 0.241. The predicted octanol–water partition coefficient (Wildman–Crippen LogP) is 3.84. The van der Waals surface area contributed by atoms with Crippen molar-refractivity contribution in [2.45, 2.75) is 13.0 Å². The van der Waals surface area contributed by atoms with E-state index in [1.165, 1.54) is 0 Å². The first kappa shape index (κ1) is 12.8. The molecule has 0 aromatic heterocycles. The van der Waals surface area contributed by atoms with Crippen molar-refractivity contribution in [3.63, 3.8) is 0 Å². The van der Waals surface area contributed by atoms with Gasteiger partial charge < -0.3 is 9.47 Å². The van der Waals surface area contributed by atoms with Crippen molar-refractivity contribution in [1.82, 2.24) is 0 Å². The molecule has 0 saturated carbocycles. The lowest BCUT2D eigenvalue weighted by Gasteiger charge is -2.11. The first-order chi connectivity index (χ1) is 7.28. The fourth-order valence-corrected chi connectivity index (χ4v) is 1.03. The molecule has 0 atom stereocenters. The number of benzene rings is 1. The van der Waals surface area contributed by atoms with Crippen LogP contribution in [0.15, 0.2) is 18.2 Å². The van der Waals surface area contributed by atoms with E-state index in [-0.39, 0.29) is 5.02 Å². The highest BCUT2D eigenvalue weighted by Crippen LogP contribution is 2.32. The summed E-state index contributed by atoms with van der Waals surface area (Å²) < 4.78 is 66.4. The summed E-state index contributed by atoms with van der Waals surface area (Å²) in [7, 11) is 0. The van der Waals surface area contributed by atoms with Crippen molar-refractivity contribution in [3.8, 4) is 11.5 Å². The lowest BCUT2D eigenvalue weighted by molar-refractivity contribution is -0.274. The molecule has 0 unspecified atom stereocenters. The minimum atomic E-state index is -4.91. The maximum atomic E-state index is 11.8. The molecular weight excluding hydrogens is 259 g/mol. The van der Waals surface area contributed by atoms with E-state index in [0.717, 1.165) is 12.1 Å². The fourth-order valence-electron chi connectivity index (χ4n) is 0.867. The summed E-state index contributed by atoms with van der Waals surface area (Å²) in [5.41, 5.74) is 0. The molecule has 0 heterocycles. The maximum Gasteiger partial charge on any atom is 0.573 e. The number of rotatable bonds is 3. The van der Waals surface area contributed by atoms with Crippen molar-refractivity contribution in [2.24, 2.45) is 0 Å². The summed E-state index contributed by atoms with van der Waals surface area (Å²) in [5, 5.41) is -0.241. The largest absolute Gasteiger partial charge is 0.573 e. The Labute approximate surface area is 91.5 Å². The van der Waals surface area contributed by atoms with Gasteiger partial charge in [0.25, 0.3) is 0 Å². The molecule has 0 spiro atoms. The van der Waals surface area contributed by atoms with Gasteiger partial charge in [-0.2, -0.15) is 8.78 Å². The second-order valence-corrected chi connectivity index (χ2v) is 2.93. The lowest BCUT2D eigenvalue weighted by atomic mass is 10.3. The van der Waals surface area contributed by atoms with Gasteiger partial charge in [0.2, 0.25) is 0 Å². The Kier molecular flexibility index (Phi) is 3.79. The topological polar surface area (TPSA) is 18.5 Å². The van der Waals surface area contributed by atoms with E-state index in [1.54, 1.807) is 0 Å². The lowest BCUT2D eigenvalue weighted by Crippen LogP contribution is -2.17. The van der Waals surface area contributed by atoms with Crippen LogP contribution < -0.4 is 9.47 Å². The van der Waals surface area contributed by atoms with E-state index in [9.17, 15) is 22.0 Å². The van der Waals surface area contributed by atoms with Crippen LogP contribution in [0.5, 0.6) is 11.5 Å². The van der Waals surface area contributed by atoms with Crippen LogP contribution in [0, 0.1) is 0 Å². The molecule has 8 heteroatoms. The zero-order valence-corrected chi connectivity index (χ0v) is 8.15. The summed E-state index contributed by atoms with van der Waals surface area (Å²) in [6.07, 6.45) is -4.91. The van der Waals surface area contributed by atoms with Gasteiger partial charge in [-0.25, -0.2) is 0 Å². The molecule has 16 heavy (non-hydrogen) atoms. The standard InChI is InChI=1S/C8H4ClF5O2/c9-5-2-1-4(16-8(12,13)14)3-6(5)15-7(10)11/h1-3,7H. The molecule has 0 aliphatic rings. The van der Waals surface area contributed by atoms with Gasteiger partial charge in [-0.3, -0.25) is 0 Å². The molecule has 0 fully saturated rings.